The number of carbonyl (C=O) groups is 2. The van der Waals surface area contributed by atoms with Gasteiger partial charge in [0.25, 0.3) is 0 Å². The van der Waals surface area contributed by atoms with E-state index in [1.807, 2.05) is 98.5 Å². The fraction of sp³-hybridized carbons (Fsp3) is 0.355. The van der Waals surface area contributed by atoms with Crippen LogP contribution in [0.4, 0.5) is 10.5 Å². The molecule has 3 aromatic carbocycles. The molecule has 2 amide bonds. The van der Waals surface area contributed by atoms with Gasteiger partial charge in [0.2, 0.25) is 5.91 Å². The molecule has 2 atom stereocenters. The second-order valence-electron chi connectivity index (χ2n) is 10.7. The number of ether oxygens (including phenoxy) is 1. The molecule has 0 saturated carbocycles. The van der Waals surface area contributed by atoms with Gasteiger partial charge in [0, 0.05) is 30.3 Å². The first-order valence-corrected chi connectivity index (χ1v) is 13.2. The first-order valence-electron chi connectivity index (χ1n) is 12.8. The van der Waals surface area contributed by atoms with E-state index in [0.29, 0.717) is 31.1 Å². The topological polar surface area (TPSA) is 49.9 Å². The Labute approximate surface area is 225 Å². The van der Waals surface area contributed by atoms with Crippen molar-refractivity contribution in [3.05, 3.63) is 101 Å². The average Bonchev–Trinajstić information content (AvgIpc) is 3.26. The van der Waals surface area contributed by atoms with Crippen LogP contribution in [-0.4, -0.2) is 42.1 Å². The largest absolute Gasteiger partial charge is 0.444 e. The number of halogens is 1. The Hall–Kier alpha value is -3.31. The highest BCUT2D eigenvalue weighted by molar-refractivity contribution is 6.30. The number of nitrogens with zero attached hydrogens (tertiary/aromatic N) is 2. The highest BCUT2D eigenvalue weighted by Crippen LogP contribution is 2.31. The van der Waals surface area contributed by atoms with Crippen LogP contribution in [0.25, 0.3) is 0 Å². The number of benzene rings is 3. The van der Waals surface area contributed by atoms with Crippen molar-refractivity contribution >= 4 is 29.3 Å². The van der Waals surface area contributed by atoms with E-state index in [2.05, 4.69) is 12.1 Å². The van der Waals surface area contributed by atoms with Crippen LogP contribution in [0.15, 0.2) is 84.9 Å². The number of hydrogen-bond donors (Lipinski definition) is 0. The predicted octanol–water partition coefficient (Wildman–Crippen LogP) is 6.64. The van der Waals surface area contributed by atoms with E-state index in [1.54, 1.807) is 4.90 Å². The van der Waals surface area contributed by atoms with Crippen molar-refractivity contribution in [2.45, 2.75) is 39.2 Å². The molecule has 1 fully saturated rings. The molecule has 37 heavy (non-hydrogen) atoms. The zero-order valence-corrected chi connectivity index (χ0v) is 22.5. The van der Waals surface area contributed by atoms with Crippen molar-refractivity contribution in [2.75, 3.05) is 24.5 Å². The summed E-state index contributed by atoms with van der Waals surface area (Å²) in [6.07, 6.45) is 0.822. The minimum atomic E-state index is -0.564. The van der Waals surface area contributed by atoms with Gasteiger partial charge in [0.05, 0.1) is 6.42 Å². The van der Waals surface area contributed by atoms with Crippen LogP contribution >= 0.6 is 11.6 Å². The standard InChI is InChI=1S/C31H35ClN2O3/c1-31(2,3)37-30(36)33-20-25(18-23-10-6-4-7-11-23)26(21-33)22-34(28-16-14-27(32)15-17-28)29(35)19-24-12-8-5-9-13-24/h4-17,25-26H,18-22H2,1-3H3. The summed E-state index contributed by atoms with van der Waals surface area (Å²) in [6, 6.07) is 27.5. The average molecular weight is 519 g/mol. The Balaban J connectivity index is 1.59. The molecule has 5 nitrogen and oxygen atoms in total. The second-order valence-corrected chi connectivity index (χ2v) is 11.2. The second kappa shape index (κ2) is 11.8. The fourth-order valence-corrected chi connectivity index (χ4v) is 4.97. The zero-order chi connectivity index (χ0) is 26.4. The van der Waals surface area contributed by atoms with Crippen LogP contribution < -0.4 is 4.90 Å². The van der Waals surface area contributed by atoms with E-state index < -0.39 is 5.60 Å². The molecule has 1 aliphatic rings. The maximum atomic E-state index is 13.6. The van der Waals surface area contributed by atoms with Gasteiger partial charge in [0.1, 0.15) is 5.60 Å². The summed E-state index contributed by atoms with van der Waals surface area (Å²) >= 11 is 6.15. The summed E-state index contributed by atoms with van der Waals surface area (Å²) in [5.41, 5.74) is 2.43. The minimum absolute atomic E-state index is 0.0164. The van der Waals surface area contributed by atoms with E-state index in [4.69, 9.17) is 16.3 Å². The molecule has 0 N–H and O–H groups in total. The quantitative estimate of drug-likeness (QED) is 0.352. The molecule has 6 heteroatoms. The highest BCUT2D eigenvalue weighted by atomic mass is 35.5. The highest BCUT2D eigenvalue weighted by Gasteiger charge is 2.38. The van der Waals surface area contributed by atoms with Gasteiger partial charge in [-0.05, 0) is 74.4 Å². The first-order chi connectivity index (χ1) is 17.7. The summed E-state index contributed by atoms with van der Waals surface area (Å²) in [5, 5.41) is 0.623. The molecule has 2 unspecified atom stereocenters. The van der Waals surface area contributed by atoms with Crippen molar-refractivity contribution in [3.8, 4) is 0 Å². The van der Waals surface area contributed by atoms with E-state index >= 15 is 0 Å². The van der Waals surface area contributed by atoms with Crippen LogP contribution in [-0.2, 0) is 22.4 Å². The SMILES string of the molecule is CC(C)(C)OC(=O)N1CC(Cc2ccccc2)C(CN(C(=O)Cc2ccccc2)c2ccc(Cl)cc2)C1. The van der Waals surface area contributed by atoms with Gasteiger partial charge < -0.3 is 14.5 Å². The lowest BCUT2D eigenvalue weighted by molar-refractivity contribution is -0.118. The van der Waals surface area contributed by atoms with Gasteiger partial charge in [-0.2, -0.15) is 0 Å². The van der Waals surface area contributed by atoms with Crippen molar-refractivity contribution in [2.24, 2.45) is 11.8 Å². The van der Waals surface area contributed by atoms with Crippen LogP contribution in [0.2, 0.25) is 5.02 Å². The molecular formula is C31H35ClN2O3. The number of rotatable bonds is 7. The smallest absolute Gasteiger partial charge is 0.410 e. The van der Waals surface area contributed by atoms with Gasteiger partial charge in [-0.25, -0.2) is 4.79 Å². The normalized spacial score (nSPS) is 17.5. The molecule has 0 bridgehead atoms. The summed E-state index contributed by atoms with van der Waals surface area (Å²) in [6.45, 7) is 7.27. The summed E-state index contributed by atoms with van der Waals surface area (Å²) in [5.74, 6) is 0.292. The van der Waals surface area contributed by atoms with Crippen molar-refractivity contribution in [3.63, 3.8) is 0 Å². The lowest BCUT2D eigenvalue weighted by atomic mass is 9.89. The Morgan fingerprint density at radius 2 is 1.43 bits per heavy atom. The molecule has 1 aliphatic heterocycles. The molecule has 0 radical (unpaired) electrons. The van der Waals surface area contributed by atoms with Gasteiger partial charge in [-0.15, -0.1) is 0 Å². The third-order valence-electron chi connectivity index (χ3n) is 6.62. The molecule has 0 spiro atoms. The van der Waals surface area contributed by atoms with Crippen molar-refractivity contribution < 1.29 is 14.3 Å². The van der Waals surface area contributed by atoms with E-state index in [0.717, 1.165) is 17.7 Å². The lowest BCUT2D eigenvalue weighted by Gasteiger charge is -2.29. The fourth-order valence-electron chi connectivity index (χ4n) is 4.84. The maximum absolute atomic E-state index is 13.6. The van der Waals surface area contributed by atoms with E-state index in [1.165, 1.54) is 5.56 Å². The molecule has 1 saturated heterocycles. The van der Waals surface area contributed by atoms with Crippen LogP contribution in [0.5, 0.6) is 0 Å². The summed E-state index contributed by atoms with van der Waals surface area (Å²) in [7, 11) is 0. The van der Waals surface area contributed by atoms with Gasteiger partial charge >= 0.3 is 6.09 Å². The third kappa shape index (κ3) is 7.59. The summed E-state index contributed by atoms with van der Waals surface area (Å²) < 4.78 is 5.69. The number of anilines is 1. The molecule has 3 aromatic rings. The number of amides is 2. The van der Waals surface area contributed by atoms with Crippen LogP contribution in [0, 0.1) is 11.8 Å². The molecule has 1 heterocycles. The van der Waals surface area contributed by atoms with Crippen LogP contribution in [0.1, 0.15) is 31.9 Å². The Bertz CT molecular complexity index is 1180. The summed E-state index contributed by atoms with van der Waals surface area (Å²) in [4.78, 5) is 30.3. The van der Waals surface area contributed by atoms with Gasteiger partial charge in [-0.3, -0.25) is 4.79 Å². The Kier molecular flexibility index (Phi) is 8.55. The van der Waals surface area contributed by atoms with Gasteiger partial charge in [-0.1, -0.05) is 72.3 Å². The van der Waals surface area contributed by atoms with Crippen molar-refractivity contribution in [1.29, 1.82) is 0 Å². The minimum Gasteiger partial charge on any atom is -0.444 e. The third-order valence-corrected chi connectivity index (χ3v) is 6.88. The number of carbonyl (C=O) groups excluding carboxylic acids is 2. The van der Waals surface area contributed by atoms with Gasteiger partial charge in [0.15, 0.2) is 0 Å². The Morgan fingerprint density at radius 3 is 2.03 bits per heavy atom. The van der Waals surface area contributed by atoms with Crippen LogP contribution in [0.3, 0.4) is 0 Å². The molecule has 0 aromatic heterocycles. The monoisotopic (exact) mass is 518 g/mol. The molecule has 194 valence electrons. The van der Waals surface area contributed by atoms with E-state index in [-0.39, 0.29) is 23.8 Å². The first kappa shape index (κ1) is 26.7. The number of likely N-dealkylation sites (tertiary alicyclic amines) is 1. The lowest BCUT2D eigenvalue weighted by Crippen LogP contribution is -2.39. The maximum Gasteiger partial charge on any atom is 0.410 e. The molecule has 0 aliphatic carbocycles. The van der Waals surface area contributed by atoms with Crippen molar-refractivity contribution in [1.82, 2.24) is 4.90 Å². The molecular weight excluding hydrogens is 484 g/mol. The van der Waals surface area contributed by atoms with E-state index in [9.17, 15) is 9.59 Å². The Morgan fingerprint density at radius 1 is 0.865 bits per heavy atom. The number of hydrogen-bond acceptors (Lipinski definition) is 3. The zero-order valence-electron chi connectivity index (χ0n) is 21.8. The molecule has 4 rings (SSSR count). The predicted molar refractivity (Wildman–Crippen MR) is 149 cm³/mol.